The number of amides is 2. The van der Waals surface area contributed by atoms with Crippen LogP contribution in [0.4, 0.5) is 0 Å². The number of unbranched alkanes of at least 4 members (excludes halogenated alkanes) is 15. The highest BCUT2D eigenvalue weighted by Gasteiger charge is 2.08. The van der Waals surface area contributed by atoms with E-state index in [0.29, 0.717) is 45.2 Å². The molecule has 0 heterocycles. The third kappa shape index (κ3) is 29.3. The van der Waals surface area contributed by atoms with E-state index < -0.39 is 16.2 Å². The number of carbonyl (C=O) groups excluding carboxylic acids is 3. The predicted molar refractivity (Wildman–Crippen MR) is 158 cm³/mol. The van der Waals surface area contributed by atoms with Crippen LogP contribution in [0.2, 0.25) is 0 Å². The quantitative estimate of drug-likeness (QED) is 0.0736. The van der Waals surface area contributed by atoms with Gasteiger partial charge >= 0.3 is 0 Å². The van der Waals surface area contributed by atoms with Crippen LogP contribution in [0.15, 0.2) is 0 Å². The second kappa shape index (κ2) is 25.4. The van der Waals surface area contributed by atoms with Crippen LogP contribution in [0, 0.1) is 0 Å². The number of nitrogens with two attached hydrogens (primary N) is 1. The molecule has 0 fully saturated rings. The Bertz CT molecular complexity index is 745. The summed E-state index contributed by atoms with van der Waals surface area (Å²) in [6.45, 7) is 2.61. The van der Waals surface area contributed by atoms with E-state index in [9.17, 15) is 22.8 Å². The average molecular weight is 576 g/mol. The number of hydrogen-bond donors (Lipinski definition) is 4. The van der Waals surface area contributed by atoms with Gasteiger partial charge in [-0.1, -0.05) is 83.5 Å². The molecule has 230 valence electrons. The second-order valence-corrected chi connectivity index (χ2v) is 12.4. The number of ketones is 1. The van der Waals surface area contributed by atoms with Crippen molar-refractivity contribution in [3.63, 3.8) is 0 Å². The molecule has 1 atom stereocenters. The lowest BCUT2D eigenvalue weighted by molar-refractivity contribution is -0.123. The minimum Gasteiger partial charge on any atom is -0.356 e. The third-order valence-electron chi connectivity index (χ3n) is 7.00. The highest BCUT2D eigenvalue weighted by molar-refractivity contribution is 7.85. The predicted octanol–water partition coefficient (Wildman–Crippen LogP) is 5.22. The summed E-state index contributed by atoms with van der Waals surface area (Å²) >= 11 is 0. The Balaban J connectivity index is 3.32. The van der Waals surface area contributed by atoms with Crippen molar-refractivity contribution in [2.45, 2.75) is 148 Å². The fraction of sp³-hybridized carbons (Fsp3) is 0.897. The lowest BCUT2D eigenvalue weighted by Gasteiger charge is -2.08. The highest BCUT2D eigenvalue weighted by Crippen LogP contribution is 2.14. The molecule has 0 aliphatic heterocycles. The zero-order chi connectivity index (χ0) is 29.2. The minimum absolute atomic E-state index is 0.00343. The zero-order valence-electron chi connectivity index (χ0n) is 24.5. The van der Waals surface area contributed by atoms with Gasteiger partial charge in [0, 0.05) is 25.9 Å². The molecule has 0 aromatic carbocycles. The van der Waals surface area contributed by atoms with Gasteiger partial charge < -0.3 is 16.4 Å². The number of carbonyl (C=O) groups is 3. The van der Waals surface area contributed by atoms with Gasteiger partial charge in [0.15, 0.2) is 0 Å². The summed E-state index contributed by atoms with van der Waals surface area (Å²) < 4.78 is 30.0. The Morgan fingerprint density at radius 1 is 0.615 bits per heavy atom. The topological polar surface area (TPSA) is 156 Å². The molecular weight excluding hydrogens is 518 g/mol. The average Bonchev–Trinajstić information content (AvgIpc) is 2.87. The first kappa shape index (κ1) is 37.5. The van der Waals surface area contributed by atoms with E-state index in [2.05, 4.69) is 10.6 Å². The van der Waals surface area contributed by atoms with Crippen LogP contribution in [-0.2, 0) is 24.5 Å². The fourth-order valence-electron chi connectivity index (χ4n) is 4.44. The van der Waals surface area contributed by atoms with Crippen LogP contribution in [0.3, 0.4) is 0 Å². The van der Waals surface area contributed by atoms with Gasteiger partial charge in [-0.2, -0.15) is 8.42 Å². The second-order valence-electron chi connectivity index (χ2n) is 10.9. The van der Waals surface area contributed by atoms with Gasteiger partial charge in [-0.25, -0.2) is 0 Å². The Labute approximate surface area is 238 Å². The van der Waals surface area contributed by atoms with Crippen LogP contribution in [0.1, 0.15) is 142 Å². The third-order valence-corrected chi connectivity index (χ3v) is 7.80. The standard InChI is InChI=1S/C29H57N3O6S/c1-26(33)27(30)20-16-17-23-31-29(35)22-19-24-32-28(34)21-15-13-11-9-7-5-3-2-4-6-8-10-12-14-18-25-39(36,37)38/h27H,2-25,30H2,1H3,(H,31,35)(H,32,34)(H,36,37,38)/t27-/m0/s1. The van der Waals surface area contributed by atoms with E-state index in [-0.39, 0.29) is 23.4 Å². The smallest absolute Gasteiger partial charge is 0.264 e. The summed E-state index contributed by atoms with van der Waals surface area (Å²) in [5, 5.41) is 5.76. The van der Waals surface area contributed by atoms with Crippen molar-refractivity contribution < 1.29 is 27.4 Å². The van der Waals surface area contributed by atoms with Crippen molar-refractivity contribution in [3.8, 4) is 0 Å². The van der Waals surface area contributed by atoms with Gasteiger partial charge in [0.2, 0.25) is 11.8 Å². The van der Waals surface area contributed by atoms with Gasteiger partial charge in [-0.05, 0) is 45.4 Å². The number of hydrogen-bond acceptors (Lipinski definition) is 6. The van der Waals surface area contributed by atoms with E-state index in [1.54, 1.807) is 0 Å². The summed E-state index contributed by atoms with van der Waals surface area (Å²) in [5.41, 5.74) is 5.68. The maximum Gasteiger partial charge on any atom is 0.264 e. The molecule has 10 heteroatoms. The van der Waals surface area contributed by atoms with Crippen LogP contribution < -0.4 is 16.4 Å². The first-order chi connectivity index (χ1) is 18.6. The van der Waals surface area contributed by atoms with Gasteiger partial charge in [-0.15, -0.1) is 0 Å². The van der Waals surface area contributed by atoms with Crippen molar-refractivity contribution in [2.75, 3.05) is 18.8 Å². The van der Waals surface area contributed by atoms with E-state index in [1.807, 2.05) is 0 Å². The molecule has 0 aliphatic rings. The number of rotatable bonds is 28. The molecule has 0 aromatic rings. The van der Waals surface area contributed by atoms with E-state index in [1.165, 1.54) is 64.7 Å². The Morgan fingerprint density at radius 2 is 1.00 bits per heavy atom. The maximum atomic E-state index is 11.9. The summed E-state index contributed by atoms with van der Waals surface area (Å²) in [6.07, 6.45) is 20.7. The molecule has 0 rings (SSSR count). The Hall–Kier alpha value is -1.52. The molecule has 39 heavy (non-hydrogen) atoms. The molecule has 0 spiro atoms. The van der Waals surface area contributed by atoms with Crippen molar-refractivity contribution >= 4 is 27.7 Å². The molecule has 2 amide bonds. The molecule has 0 saturated carbocycles. The number of Topliss-reactive ketones (excluding diaryl/α,β-unsaturated/α-hetero) is 1. The summed E-state index contributed by atoms with van der Waals surface area (Å²) in [6, 6.07) is -0.401. The normalized spacial score (nSPS) is 12.3. The van der Waals surface area contributed by atoms with Crippen LogP contribution in [-0.4, -0.2) is 55.5 Å². The summed E-state index contributed by atoms with van der Waals surface area (Å²) in [5.74, 6) is -0.0640. The molecule has 0 bridgehead atoms. The lowest BCUT2D eigenvalue weighted by Crippen LogP contribution is -2.29. The van der Waals surface area contributed by atoms with E-state index in [0.717, 1.165) is 44.9 Å². The van der Waals surface area contributed by atoms with Gasteiger partial charge in [-0.3, -0.25) is 18.9 Å². The van der Waals surface area contributed by atoms with Crippen LogP contribution in [0.5, 0.6) is 0 Å². The summed E-state index contributed by atoms with van der Waals surface area (Å²) in [4.78, 5) is 34.8. The highest BCUT2D eigenvalue weighted by atomic mass is 32.2. The van der Waals surface area contributed by atoms with Crippen molar-refractivity contribution in [1.82, 2.24) is 10.6 Å². The molecule has 9 nitrogen and oxygen atoms in total. The number of nitrogens with one attached hydrogen (secondary N) is 2. The molecule has 0 unspecified atom stereocenters. The van der Waals surface area contributed by atoms with Crippen molar-refractivity contribution in [3.05, 3.63) is 0 Å². The minimum atomic E-state index is -3.79. The maximum absolute atomic E-state index is 11.9. The zero-order valence-corrected chi connectivity index (χ0v) is 25.3. The first-order valence-corrected chi connectivity index (χ1v) is 17.0. The fourth-order valence-corrected chi connectivity index (χ4v) is 5.01. The molecule has 5 N–H and O–H groups in total. The van der Waals surface area contributed by atoms with Crippen LogP contribution >= 0.6 is 0 Å². The van der Waals surface area contributed by atoms with E-state index in [4.69, 9.17) is 10.3 Å². The van der Waals surface area contributed by atoms with Crippen LogP contribution in [0.25, 0.3) is 0 Å². The molecule has 0 aromatic heterocycles. The van der Waals surface area contributed by atoms with Crippen molar-refractivity contribution in [2.24, 2.45) is 5.73 Å². The Morgan fingerprint density at radius 3 is 1.44 bits per heavy atom. The molecule has 0 saturated heterocycles. The van der Waals surface area contributed by atoms with Gasteiger partial charge in [0.05, 0.1) is 11.8 Å². The van der Waals surface area contributed by atoms with E-state index >= 15 is 0 Å². The Kier molecular flexibility index (Phi) is 24.5. The molecule has 0 aliphatic carbocycles. The first-order valence-electron chi connectivity index (χ1n) is 15.4. The SMILES string of the molecule is CC(=O)[C@@H](N)CCCCNC(=O)CCCNC(=O)CCCCCCCCCCCCCCCCCS(=O)(=O)O. The summed E-state index contributed by atoms with van der Waals surface area (Å²) in [7, 11) is -3.79. The molecule has 0 radical (unpaired) electrons. The van der Waals surface area contributed by atoms with Gasteiger partial charge in [0.25, 0.3) is 10.1 Å². The van der Waals surface area contributed by atoms with Crippen molar-refractivity contribution in [1.29, 1.82) is 0 Å². The lowest BCUT2D eigenvalue weighted by atomic mass is 10.0. The molecular formula is C29H57N3O6S. The monoisotopic (exact) mass is 575 g/mol. The van der Waals surface area contributed by atoms with Gasteiger partial charge in [0.1, 0.15) is 5.78 Å². The largest absolute Gasteiger partial charge is 0.356 e.